The quantitative estimate of drug-likeness (QED) is 0.793. The van der Waals surface area contributed by atoms with Crippen molar-refractivity contribution in [1.82, 2.24) is 4.98 Å². The second-order valence-corrected chi connectivity index (χ2v) is 2.89. The highest BCUT2D eigenvalue weighted by atomic mass is 16.5. The van der Waals surface area contributed by atoms with Crippen molar-refractivity contribution in [1.29, 1.82) is 0 Å². The average molecular weight is 195 g/mol. The molecular weight excluding hydrogens is 182 g/mol. The van der Waals surface area contributed by atoms with E-state index >= 15 is 0 Å². The summed E-state index contributed by atoms with van der Waals surface area (Å²) in [5, 5.41) is 8.78. The van der Waals surface area contributed by atoms with Gasteiger partial charge in [0.15, 0.2) is 0 Å². The van der Waals surface area contributed by atoms with Crippen LogP contribution in [-0.2, 0) is 4.79 Å². The predicted molar refractivity (Wildman–Crippen MR) is 51.5 cm³/mol. The molecule has 1 aromatic heterocycles. The summed E-state index contributed by atoms with van der Waals surface area (Å²) >= 11 is 0. The zero-order valence-corrected chi connectivity index (χ0v) is 8.23. The number of hydrogen-bond acceptors (Lipinski definition) is 3. The van der Waals surface area contributed by atoms with Gasteiger partial charge in [-0.2, -0.15) is 0 Å². The van der Waals surface area contributed by atoms with E-state index in [9.17, 15) is 4.79 Å². The van der Waals surface area contributed by atoms with E-state index < -0.39 is 11.9 Å². The molecule has 1 aromatic rings. The molecule has 4 heteroatoms. The molecule has 0 saturated carbocycles. The molecule has 0 aliphatic carbocycles. The maximum Gasteiger partial charge on any atom is 0.312 e. The molecular formula is C10H13NO3. The van der Waals surface area contributed by atoms with Gasteiger partial charge in [-0.05, 0) is 19.9 Å². The molecule has 0 aliphatic rings. The zero-order valence-electron chi connectivity index (χ0n) is 8.23. The molecule has 0 aliphatic heterocycles. The lowest BCUT2D eigenvalue weighted by atomic mass is 10.1. The van der Waals surface area contributed by atoms with Crippen molar-refractivity contribution >= 4 is 5.97 Å². The monoisotopic (exact) mass is 195 g/mol. The van der Waals surface area contributed by atoms with Crippen molar-refractivity contribution in [2.24, 2.45) is 0 Å². The second-order valence-electron chi connectivity index (χ2n) is 2.89. The Morgan fingerprint density at radius 3 is 2.93 bits per heavy atom. The van der Waals surface area contributed by atoms with Crippen LogP contribution in [0.3, 0.4) is 0 Å². The third-order valence-electron chi connectivity index (χ3n) is 1.85. The molecule has 0 fully saturated rings. The number of nitrogens with zero attached hydrogens (tertiary/aromatic N) is 1. The third-order valence-corrected chi connectivity index (χ3v) is 1.85. The number of hydrogen-bond donors (Lipinski definition) is 1. The molecule has 0 spiro atoms. The number of aromatic nitrogens is 1. The number of aliphatic carboxylic acids is 1. The summed E-state index contributed by atoms with van der Waals surface area (Å²) in [5.74, 6) is -1.01. The van der Waals surface area contributed by atoms with Gasteiger partial charge < -0.3 is 9.84 Å². The summed E-state index contributed by atoms with van der Waals surface area (Å²) in [6, 6.07) is 5.13. The SMILES string of the molecule is CCOc1cccc(C(C)C(=O)O)n1. The van der Waals surface area contributed by atoms with E-state index in [2.05, 4.69) is 4.98 Å². The van der Waals surface area contributed by atoms with Crippen LogP contribution >= 0.6 is 0 Å². The Balaban J connectivity index is 2.87. The van der Waals surface area contributed by atoms with Gasteiger partial charge in [0, 0.05) is 6.07 Å². The summed E-state index contributed by atoms with van der Waals surface area (Å²) in [4.78, 5) is 14.8. The average Bonchev–Trinajstić information content (AvgIpc) is 2.17. The number of ether oxygens (including phenoxy) is 1. The Hall–Kier alpha value is -1.58. The lowest BCUT2D eigenvalue weighted by Gasteiger charge is -2.07. The number of carboxylic acids is 1. The Morgan fingerprint density at radius 2 is 2.36 bits per heavy atom. The zero-order chi connectivity index (χ0) is 10.6. The van der Waals surface area contributed by atoms with Crippen LogP contribution in [0.2, 0.25) is 0 Å². The normalized spacial score (nSPS) is 12.1. The molecule has 0 bridgehead atoms. The summed E-state index contributed by atoms with van der Waals surface area (Å²) in [6.45, 7) is 3.98. The first-order valence-electron chi connectivity index (χ1n) is 4.47. The number of carbonyl (C=O) groups is 1. The minimum absolute atomic E-state index is 0.470. The predicted octanol–water partition coefficient (Wildman–Crippen LogP) is 1.67. The molecule has 4 nitrogen and oxygen atoms in total. The number of pyridine rings is 1. The van der Waals surface area contributed by atoms with Crippen molar-refractivity contribution in [3.8, 4) is 5.88 Å². The lowest BCUT2D eigenvalue weighted by molar-refractivity contribution is -0.138. The Morgan fingerprint density at radius 1 is 1.64 bits per heavy atom. The first-order valence-corrected chi connectivity index (χ1v) is 4.47. The fourth-order valence-electron chi connectivity index (χ4n) is 1.03. The van der Waals surface area contributed by atoms with Crippen molar-refractivity contribution in [3.63, 3.8) is 0 Å². The molecule has 0 aromatic carbocycles. The van der Waals surface area contributed by atoms with Crippen molar-refractivity contribution < 1.29 is 14.6 Å². The van der Waals surface area contributed by atoms with Gasteiger partial charge in [0.25, 0.3) is 0 Å². The lowest BCUT2D eigenvalue weighted by Crippen LogP contribution is -2.09. The van der Waals surface area contributed by atoms with E-state index in [1.54, 1.807) is 25.1 Å². The number of rotatable bonds is 4. The molecule has 1 atom stereocenters. The van der Waals surface area contributed by atoms with E-state index in [0.29, 0.717) is 18.2 Å². The van der Waals surface area contributed by atoms with Crippen molar-refractivity contribution in [2.45, 2.75) is 19.8 Å². The van der Waals surface area contributed by atoms with Crippen LogP contribution in [0.4, 0.5) is 0 Å². The molecule has 76 valence electrons. The van der Waals surface area contributed by atoms with Gasteiger partial charge in [-0.3, -0.25) is 4.79 Å². The first kappa shape index (κ1) is 10.5. The Bertz CT molecular complexity index is 325. The maximum atomic E-state index is 10.7. The topological polar surface area (TPSA) is 59.4 Å². The van der Waals surface area contributed by atoms with Crippen LogP contribution in [0.15, 0.2) is 18.2 Å². The largest absolute Gasteiger partial charge is 0.481 e. The molecule has 1 N–H and O–H groups in total. The summed E-state index contributed by atoms with van der Waals surface area (Å²) < 4.78 is 5.17. The van der Waals surface area contributed by atoms with Crippen LogP contribution < -0.4 is 4.74 Å². The molecule has 0 amide bonds. The van der Waals surface area contributed by atoms with E-state index in [1.807, 2.05) is 6.92 Å². The summed E-state index contributed by atoms with van der Waals surface area (Å²) in [6.07, 6.45) is 0. The van der Waals surface area contributed by atoms with Crippen LogP contribution in [0.1, 0.15) is 25.5 Å². The minimum atomic E-state index is -0.883. The van der Waals surface area contributed by atoms with E-state index in [4.69, 9.17) is 9.84 Å². The summed E-state index contributed by atoms with van der Waals surface area (Å²) in [5.41, 5.74) is 0.517. The minimum Gasteiger partial charge on any atom is -0.481 e. The van der Waals surface area contributed by atoms with Gasteiger partial charge >= 0.3 is 5.97 Å². The van der Waals surface area contributed by atoms with Crippen molar-refractivity contribution in [3.05, 3.63) is 23.9 Å². The van der Waals surface area contributed by atoms with E-state index in [1.165, 1.54) is 0 Å². The van der Waals surface area contributed by atoms with Crippen LogP contribution in [0.5, 0.6) is 5.88 Å². The second kappa shape index (κ2) is 4.60. The van der Waals surface area contributed by atoms with Crippen molar-refractivity contribution in [2.75, 3.05) is 6.61 Å². The van der Waals surface area contributed by atoms with E-state index in [0.717, 1.165) is 0 Å². The Labute approximate surface area is 82.5 Å². The molecule has 14 heavy (non-hydrogen) atoms. The van der Waals surface area contributed by atoms with Gasteiger partial charge in [-0.25, -0.2) is 4.98 Å². The van der Waals surface area contributed by atoms with Gasteiger partial charge in [-0.1, -0.05) is 6.07 Å². The third kappa shape index (κ3) is 2.45. The van der Waals surface area contributed by atoms with Crippen LogP contribution in [-0.4, -0.2) is 22.7 Å². The number of carboxylic acid groups (broad SMARTS) is 1. The maximum absolute atomic E-state index is 10.7. The van der Waals surface area contributed by atoms with Gasteiger partial charge in [0.2, 0.25) is 5.88 Å². The standard InChI is InChI=1S/C10H13NO3/c1-3-14-9-6-4-5-8(11-9)7(2)10(12)13/h4-7H,3H2,1-2H3,(H,12,13). The molecule has 0 saturated heterocycles. The van der Waals surface area contributed by atoms with Gasteiger partial charge in [-0.15, -0.1) is 0 Å². The fraction of sp³-hybridized carbons (Fsp3) is 0.400. The highest BCUT2D eigenvalue weighted by Crippen LogP contribution is 2.16. The van der Waals surface area contributed by atoms with Crippen LogP contribution in [0, 0.1) is 0 Å². The summed E-state index contributed by atoms with van der Waals surface area (Å²) in [7, 11) is 0. The Kier molecular flexibility index (Phi) is 3.45. The first-order chi connectivity index (χ1) is 6.65. The fourth-order valence-corrected chi connectivity index (χ4v) is 1.03. The van der Waals surface area contributed by atoms with Gasteiger partial charge in [0.05, 0.1) is 18.2 Å². The molecule has 1 rings (SSSR count). The smallest absolute Gasteiger partial charge is 0.312 e. The molecule has 1 unspecified atom stereocenters. The highest BCUT2D eigenvalue weighted by molar-refractivity contribution is 5.74. The van der Waals surface area contributed by atoms with Crippen LogP contribution in [0.25, 0.3) is 0 Å². The van der Waals surface area contributed by atoms with Gasteiger partial charge in [0.1, 0.15) is 0 Å². The highest BCUT2D eigenvalue weighted by Gasteiger charge is 2.15. The van der Waals surface area contributed by atoms with E-state index in [-0.39, 0.29) is 0 Å². The molecule has 0 radical (unpaired) electrons. The molecule has 1 heterocycles.